The Bertz CT molecular complexity index is 848. The maximum absolute atomic E-state index is 12.8. The number of nitrogens with one attached hydrogen (secondary N) is 2. The minimum atomic E-state index is 0.0323. The molecule has 1 saturated heterocycles. The van der Waals surface area contributed by atoms with Crippen LogP contribution >= 0.6 is 0 Å². The predicted octanol–water partition coefficient (Wildman–Crippen LogP) is 2.63. The quantitative estimate of drug-likeness (QED) is 0.740. The molecule has 2 amide bonds. The number of unbranched alkanes of at least 4 members (excludes halogenated alkanes) is 1. The molecule has 0 unspecified atom stereocenters. The molecule has 2 aromatic carbocycles. The van der Waals surface area contributed by atoms with Crippen LogP contribution in [-0.2, 0) is 11.2 Å². The van der Waals surface area contributed by atoms with Crippen LogP contribution in [0.1, 0.15) is 46.8 Å². The molecule has 30 heavy (non-hydrogen) atoms. The van der Waals surface area contributed by atoms with Gasteiger partial charge in [-0.1, -0.05) is 43.7 Å². The molecule has 0 saturated carbocycles. The zero-order valence-electron chi connectivity index (χ0n) is 18.5. The summed E-state index contributed by atoms with van der Waals surface area (Å²) in [6.07, 6.45) is 3.42. The van der Waals surface area contributed by atoms with Crippen molar-refractivity contribution >= 4 is 17.5 Å². The maximum atomic E-state index is 12.8. The highest BCUT2D eigenvalue weighted by molar-refractivity contribution is 5.94. The molecule has 5 heteroatoms. The number of amides is 2. The highest BCUT2D eigenvalue weighted by atomic mass is 16.2. The van der Waals surface area contributed by atoms with Crippen molar-refractivity contribution in [1.29, 1.82) is 0 Å². The largest absolute Gasteiger partial charge is 0.327 e. The molecule has 0 aliphatic carbocycles. The second kappa shape index (κ2) is 10.4. The van der Waals surface area contributed by atoms with E-state index in [0.717, 1.165) is 41.9 Å². The lowest BCUT2D eigenvalue weighted by Gasteiger charge is -2.32. The summed E-state index contributed by atoms with van der Waals surface area (Å²) in [4.78, 5) is 28.5. The third-order valence-electron chi connectivity index (χ3n) is 5.93. The van der Waals surface area contributed by atoms with Crippen molar-refractivity contribution in [2.45, 2.75) is 40.0 Å². The number of nitrogens with zero attached hydrogens (tertiary/aromatic N) is 1. The van der Waals surface area contributed by atoms with Gasteiger partial charge in [0.2, 0.25) is 0 Å². The number of hydrogen-bond donors (Lipinski definition) is 2. The molecule has 2 N–H and O–H groups in total. The molecule has 0 aromatic heterocycles. The summed E-state index contributed by atoms with van der Waals surface area (Å²) in [6, 6.07) is 14.1. The van der Waals surface area contributed by atoms with Crippen molar-refractivity contribution in [1.82, 2.24) is 4.90 Å². The van der Waals surface area contributed by atoms with Crippen molar-refractivity contribution in [3.63, 3.8) is 0 Å². The van der Waals surface area contributed by atoms with E-state index in [2.05, 4.69) is 24.4 Å². The molecule has 1 aliphatic heterocycles. The van der Waals surface area contributed by atoms with Gasteiger partial charge in [-0.15, -0.1) is 0 Å². The molecule has 0 bridgehead atoms. The third-order valence-corrected chi connectivity index (χ3v) is 5.93. The third kappa shape index (κ3) is 5.70. The van der Waals surface area contributed by atoms with Gasteiger partial charge in [0.1, 0.15) is 0 Å². The van der Waals surface area contributed by atoms with Crippen LogP contribution in [0.25, 0.3) is 0 Å². The van der Waals surface area contributed by atoms with Crippen molar-refractivity contribution in [3.05, 3.63) is 64.7 Å². The minimum absolute atomic E-state index is 0.0323. The zero-order chi connectivity index (χ0) is 21.5. The molecule has 5 nitrogen and oxygen atoms in total. The first-order valence-corrected chi connectivity index (χ1v) is 11.1. The number of piperazine rings is 1. The lowest BCUT2D eigenvalue weighted by molar-refractivity contribution is -0.895. The van der Waals surface area contributed by atoms with E-state index in [0.29, 0.717) is 19.6 Å². The molecule has 2 aromatic rings. The summed E-state index contributed by atoms with van der Waals surface area (Å²) < 4.78 is 0. The van der Waals surface area contributed by atoms with E-state index < -0.39 is 0 Å². The standard InChI is InChI=1S/C25H33N3O2/c1-4-5-9-21-10-12-22(13-11-21)25(30)28-16-14-27(15-17-28)18-23(29)26-24-19(2)7-6-8-20(24)3/h6-8,10-13H,4-5,9,14-18H2,1-3H3,(H,26,29)/p+1. The van der Waals surface area contributed by atoms with E-state index in [4.69, 9.17) is 0 Å². The summed E-state index contributed by atoms with van der Waals surface area (Å²) >= 11 is 0. The second-order valence-electron chi connectivity index (χ2n) is 8.33. The molecule has 0 radical (unpaired) electrons. The summed E-state index contributed by atoms with van der Waals surface area (Å²) in [5, 5.41) is 3.07. The van der Waals surface area contributed by atoms with Crippen molar-refractivity contribution < 1.29 is 14.5 Å². The van der Waals surface area contributed by atoms with Crippen LogP contribution in [0.5, 0.6) is 0 Å². The number of rotatable bonds is 7. The van der Waals surface area contributed by atoms with Crippen LogP contribution in [-0.4, -0.2) is 49.4 Å². The summed E-state index contributed by atoms with van der Waals surface area (Å²) in [5.41, 5.74) is 5.12. The van der Waals surface area contributed by atoms with E-state index in [-0.39, 0.29) is 11.8 Å². The monoisotopic (exact) mass is 408 g/mol. The van der Waals surface area contributed by atoms with Crippen LogP contribution < -0.4 is 10.2 Å². The van der Waals surface area contributed by atoms with E-state index in [1.807, 2.05) is 49.1 Å². The predicted molar refractivity (Wildman–Crippen MR) is 121 cm³/mol. The Kier molecular flexibility index (Phi) is 7.63. The normalized spacial score (nSPS) is 14.6. The highest BCUT2D eigenvalue weighted by Gasteiger charge is 2.26. The minimum Gasteiger partial charge on any atom is -0.327 e. The van der Waals surface area contributed by atoms with Gasteiger partial charge in [-0.2, -0.15) is 0 Å². The van der Waals surface area contributed by atoms with Gasteiger partial charge in [-0.05, 0) is 55.5 Å². The average Bonchev–Trinajstić information content (AvgIpc) is 2.75. The second-order valence-corrected chi connectivity index (χ2v) is 8.33. The van der Waals surface area contributed by atoms with Crippen molar-refractivity contribution in [2.75, 3.05) is 38.0 Å². The van der Waals surface area contributed by atoms with Crippen molar-refractivity contribution in [2.24, 2.45) is 0 Å². The molecular weight excluding hydrogens is 374 g/mol. The Hall–Kier alpha value is -2.66. The first-order valence-electron chi connectivity index (χ1n) is 11.1. The van der Waals surface area contributed by atoms with Crippen LogP contribution in [0.2, 0.25) is 0 Å². The number of anilines is 1. The van der Waals surface area contributed by atoms with Crippen LogP contribution in [0.4, 0.5) is 5.69 Å². The Labute approximate surface area is 180 Å². The first-order chi connectivity index (χ1) is 14.5. The Morgan fingerprint density at radius 1 is 1.00 bits per heavy atom. The maximum Gasteiger partial charge on any atom is 0.279 e. The van der Waals surface area contributed by atoms with Gasteiger partial charge in [-0.25, -0.2) is 0 Å². The molecule has 0 spiro atoms. The van der Waals surface area contributed by atoms with Crippen LogP contribution in [0.3, 0.4) is 0 Å². The van der Waals surface area contributed by atoms with Gasteiger partial charge in [0.25, 0.3) is 11.8 Å². The fraction of sp³-hybridized carbons (Fsp3) is 0.440. The van der Waals surface area contributed by atoms with Crippen LogP contribution in [0.15, 0.2) is 42.5 Å². The van der Waals surface area contributed by atoms with Gasteiger partial charge in [0.15, 0.2) is 6.54 Å². The number of hydrogen-bond acceptors (Lipinski definition) is 2. The lowest BCUT2D eigenvalue weighted by Crippen LogP contribution is -3.15. The SMILES string of the molecule is CCCCc1ccc(C(=O)N2CC[NH+](CC(=O)Nc3c(C)cccc3C)CC2)cc1. The van der Waals surface area contributed by atoms with Gasteiger partial charge in [0, 0.05) is 11.3 Å². The Morgan fingerprint density at radius 3 is 2.23 bits per heavy atom. The molecule has 1 heterocycles. The van der Waals surface area contributed by atoms with Gasteiger partial charge in [0.05, 0.1) is 26.2 Å². The molecule has 1 aliphatic rings. The lowest BCUT2D eigenvalue weighted by atomic mass is 10.1. The highest BCUT2D eigenvalue weighted by Crippen LogP contribution is 2.19. The molecule has 0 atom stereocenters. The smallest absolute Gasteiger partial charge is 0.279 e. The topological polar surface area (TPSA) is 53.9 Å². The fourth-order valence-electron chi connectivity index (χ4n) is 4.00. The number of carbonyl (C=O) groups is 2. The first kappa shape index (κ1) is 22.0. The number of benzene rings is 2. The van der Waals surface area contributed by atoms with Crippen LogP contribution in [0, 0.1) is 13.8 Å². The van der Waals surface area contributed by atoms with Crippen molar-refractivity contribution in [3.8, 4) is 0 Å². The number of quaternary nitrogens is 1. The Balaban J connectivity index is 1.48. The molecule has 160 valence electrons. The summed E-state index contributed by atoms with van der Waals surface area (Å²) in [7, 11) is 0. The van der Waals surface area contributed by atoms with Gasteiger partial charge < -0.3 is 15.1 Å². The fourth-order valence-corrected chi connectivity index (χ4v) is 4.00. The number of para-hydroxylation sites is 1. The zero-order valence-corrected chi connectivity index (χ0v) is 18.5. The Morgan fingerprint density at radius 2 is 1.63 bits per heavy atom. The average molecular weight is 409 g/mol. The number of aryl methyl sites for hydroxylation is 3. The van der Waals surface area contributed by atoms with Gasteiger partial charge in [-0.3, -0.25) is 9.59 Å². The van der Waals surface area contributed by atoms with E-state index in [9.17, 15) is 9.59 Å². The number of carbonyl (C=O) groups excluding carboxylic acids is 2. The molecular formula is C25H34N3O2+. The molecule has 3 rings (SSSR count). The van der Waals surface area contributed by atoms with E-state index >= 15 is 0 Å². The summed E-state index contributed by atoms with van der Waals surface area (Å²) in [6.45, 7) is 9.59. The molecule has 1 fully saturated rings. The van der Waals surface area contributed by atoms with Gasteiger partial charge >= 0.3 is 0 Å². The van der Waals surface area contributed by atoms with E-state index in [1.165, 1.54) is 23.3 Å². The summed E-state index contributed by atoms with van der Waals surface area (Å²) in [5.74, 6) is 0.126. The van der Waals surface area contributed by atoms with E-state index in [1.54, 1.807) is 0 Å².